The van der Waals surface area contributed by atoms with Crippen molar-refractivity contribution in [3.63, 3.8) is 0 Å². The van der Waals surface area contributed by atoms with Crippen LogP contribution < -0.4 is 10.5 Å². The van der Waals surface area contributed by atoms with Gasteiger partial charge in [0.2, 0.25) is 0 Å². The highest BCUT2D eigenvalue weighted by molar-refractivity contribution is 5.29. The third-order valence-electron chi connectivity index (χ3n) is 3.53. The van der Waals surface area contributed by atoms with Gasteiger partial charge in [0.05, 0.1) is 12.4 Å². The number of nitrogens with two attached hydrogens (primary N) is 1. The molecule has 0 unspecified atom stereocenters. The minimum Gasteiger partial charge on any atom is -0.465 e. The van der Waals surface area contributed by atoms with Crippen molar-refractivity contribution in [3.05, 3.63) is 41.7 Å². The minimum atomic E-state index is -0.128. The Labute approximate surface area is 115 Å². The number of ether oxygens (including phenoxy) is 1. The Balaban J connectivity index is 1.90. The number of hydrogen-bond acceptors (Lipinski definition) is 3. The topological polar surface area (TPSA) is 55.5 Å². The average molecular weight is 261 g/mol. The maximum absolute atomic E-state index is 9.45. The van der Waals surface area contributed by atoms with Crippen molar-refractivity contribution in [2.75, 3.05) is 6.54 Å². The zero-order valence-corrected chi connectivity index (χ0v) is 11.3. The zero-order chi connectivity index (χ0) is 13.5. The third kappa shape index (κ3) is 4.69. The molecule has 1 fully saturated rings. The zero-order valence-electron chi connectivity index (χ0n) is 11.3. The second kappa shape index (κ2) is 7.31. The van der Waals surface area contributed by atoms with Crippen LogP contribution in [0.4, 0.5) is 0 Å². The van der Waals surface area contributed by atoms with Gasteiger partial charge in [0.1, 0.15) is 5.75 Å². The van der Waals surface area contributed by atoms with Gasteiger partial charge in [0.15, 0.2) is 0 Å². The molecule has 1 saturated carbocycles. The lowest BCUT2D eigenvalue weighted by atomic mass is 9.94. The van der Waals surface area contributed by atoms with Crippen LogP contribution in [0.2, 0.25) is 0 Å². The monoisotopic (exact) mass is 261 g/mol. The van der Waals surface area contributed by atoms with Crippen LogP contribution >= 0.6 is 0 Å². The van der Waals surface area contributed by atoms with Crippen LogP contribution in [0, 0.1) is 0 Å². The molecular formula is C16H23NO2. The van der Waals surface area contributed by atoms with Gasteiger partial charge in [-0.3, -0.25) is 0 Å². The van der Waals surface area contributed by atoms with Crippen molar-refractivity contribution in [2.24, 2.45) is 5.73 Å². The number of benzene rings is 1. The quantitative estimate of drug-likeness (QED) is 0.801. The van der Waals surface area contributed by atoms with Gasteiger partial charge >= 0.3 is 0 Å². The Morgan fingerprint density at radius 1 is 1.32 bits per heavy atom. The lowest BCUT2D eigenvalue weighted by Gasteiger charge is -2.18. The smallest absolute Gasteiger partial charge is 0.126 e. The van der Waals surface area contributed by atoms with Gasteiger partial charge in [-0.2, -0.15) is 0 Å². The summed E-state index contributed by atoms with van der Waals surface area (Å²) in [5.74, 6) is 0.883. The molecule has 0 heterocycles. The van der Waals surface area contributed by atoms with Gasteiger partial charge in [-0.15, -0.1) is 0 Å². The number of allylic oxidation sites excluding steroid dienone is 1. The molecule has 0 amide bonds. The van der Waals surface area contributed by atoms with Crippen molar-refractivity contribution < 1.29 is 9.84 Å². The van der Waals surface area contributed by atoms with Crippen LogP contribution in [0.3, 0.4) is 0 Å². The number of aliphatic hydroxyl groups is 1. The molecule has 0 radical (unpaired) electrons. The molecule has 0 aliphatic heterocycles. The Bertz CT molecular complexity index is 419. The first-order valence-corrected chi connectivity index (χ1v) is 7.09. The molecule has 0 spiro atoms. The van der Waals surface area contributed by atoms with Gasteiger partial charge in [-0.25, -0.2) is 0 Å². The fourth-order valence-electron chi connectivity index (χ4n) is 2.32. The van der Waals surface area contributed by atoms with Crippen LogP contribution in [0.15, 0.2) is 36.1 Å². The molecule has 3 nitrogen and oxygen atoms in total. The summed E-state index contributed by atoms with van der Waals surface area (Å²) >= 11 is 0. The molecule has 1 aliphatic carbocycles. The van der Waals surface area contributed by atoms with E-state index in [0.29, 0.717) is 0 Å². The minimum absolute atomic E-state index is 0.128. The highest BCUT2D eigenvalue weighted by Gasteiger charge is 2.13. The highest BCUT2D eigenvalue weighted by Crippen LogP contribution is 2.24. The molecule has 0 saturated heterocycles. The molecule has 2 rings (SSSR count). The summed E-state index contributed by atoms with van der Waals surface area (Å²) in [6, 6.07) is 8.17. The van der Waals surface area contributed by atoms with E-state index in [4.69, 9.17) is 10.5 Å². The molecule has 0 aromatic heterocycles. The summed E-state index contributed by atoms with van der Waals surface area (Å²) in [4.78, 5) is 0. The maximum Gasteiger partial charge on any atom is 0.126 e. The van der Waals surface area contributed by atoms with Gasteiger partial charge in [-0.05, 0) is 68.3 Å². The molecule has 3 N–H and O–H groups in total. The molecule has 0 bridgehead atoms. The van der Waals surface area contributed by atoms with Crippen LogP contribution in [-0.4, -0.2) is 17.8 Å². The Morgan fingerprint density at radius 2 is 2.11 bits per heavy atom. The normalized spacial score (nSPS) is 19.3. The number of aliphatic hydroxyl groups excluding tert-OH is 1. The molecule has 0 atom stereocenters. The van der Waals surface area contributed by atoms with Crippen molar-refractivity contribution in [3.8, 4) is 5.75 Å². The van der Waals surface area contributed by atoms with E-state index in [2.05, 4.69) is 12.1 Å². The predicted molar refractivity (Wildman–Crippen MR) is 77.0 cm³/mol. The van der Waals surface area contributed by atoms with E-state index in [-0.39, 0.29) is 6.10 Å². The molecule has 1 aromatic carbocycles. The maximum atomic E-state index is 9.45. The third-order valence-corrected chi connectivity index (χ3v) is 3.53. The van der Waals surface area contributed by atoms with E-state index in [9.17, 15) is 5.11 Å². The van der Waals surface area contributed by atoms with Crippen molar-refractivity contribution in [1.29, 1.82) is 0 Å². The molecule has 104 valence electrons. The van der Waals surface area contributed by atoms with Crippen molar-refractivity contribution in [2.45, 2.75) is 44.6 Å². The van der Waals surface area contributed by atoms with Crippen molar-refractivity contribution >= 4 is 0 Å². The van der Waals surface area contributed by atoms with E-state index < -0.39 is 0 Å². The molecule has 19 heavy (non-hydrogen) atoms. The van der Waals surface area contributed by atoms with Gasteiger partial charge in [-0.1, -0.05) is 12.1 Å². The first-order valence-electron chi connectivity index (χ1n) is 7.09. The molecular weight excluding hydrogens is 238 g/mol. The Hall–Kier alpha value is -1.32. The van der Waals surface area contributed by atoms with Crippen molar-refractivity contribution in [1.82, 2.24) is 0 Å². The average Bonchev–Trinajstić information content (AvgIpc) is 2.45. The second-order valence-corrected chi connectivity index (χ2v) is 5.16. The molecule has 1 aliphatic rings. The second-order valence-electron chi connectivity index (χ2n) is 5.16. The fraction of sp³-hybridized carbons (Fsp3) is 0.500. The fourth-order valence-corrected chi connectivity index (χ4v) is 2.32. The first-order chi connectivity index (χ1) is 9.28. The Morgan fingerprint density at radius 3 is 2.84 bits per heavy atom. The largest absolute Gasteiger partial charge is 0.465 e. The highest BCUT2D eigenvalue weighted by atomic mass is 16.5. The van der Waals surface area contributed by atoms with Crippen LogP contribution in [0.1, 0.15) is 37.7 Å². The van der Waals surface area contributed by atoms with E-state index in [1.165, 1.54) is 11.1 Å². The summed E-state index contributed by atoms with van der Waals surface area (Å²) in [5.41, 5.74) is 8.07. The number of rotatable bonds is 5. The lowest BCUT2D eigenvalue weighted by molar-refractivity contribution is 0.143. The molecule has 3 heteroatoms. The van der Waals surface area contributed by atoms with Crippen LogP contribution in [-0.2, 0) is 6.42 Å². The summed E-state index contributed by atoms with van der Waals surface area (Å²) in [7, 11) is 0. The summed E-state index contributed by atoms with van der Waals surface area (Å²) in [6.45, 7) is 0.720. The van der Waals surface area contributed by atoms with Gasteiger partial charge in [0.25, 0.3) is 0 Å². The summed E-state index contributed by atoms with van der Waals surface area (Å²) in [6.07, 6.45) is 7.31. The SMILES string of the molecule is NCCCc1cccc(OC=C2CCC(O)CC2)c1. The van der Waals surface area contributed by atoms with E-state index in [0.717, 1.165) is 50.8 Å². The van der Waals surface area contributed by atoms with Crippen LogP contribution in [0.25, 0.3) is 0 Å². The standard InChI is InChI=1S/C16H23NO2/c17-10-2-4-13-3-1-5-16(11-13)19-12-14-6-8-15(18)9-7-14/h1,3,5,11-12,15,18H,2,4,6-10,17H2. The molecule has 1 aromatic rings. The number of aryl methyl sites for hydroxylation is 1. The van der Waals surface area contributed by atoms with Gasteiger partial charge < -0.3 is 15.6 Å². The van der Waals surface area contributed by atoms with Gasteiger partial charge in [0, 0.05) is 0 Å². The summed E-state index contributed by atoms with van der Waals surface area (Å²) in [5, 5.41) is 9.45. The van der Waals surface area contributed by atoms with E-state index in [1.807, 2.05) is 18.4 Å². The first kappa shape index (κ1) is 14.1. The summed E-state index contributed by atoms with van der Waals surface area (Å²) < 4.78 is 5.73. The number of hydrogen-bond donors (Lipinski definition) is 2. The van der Waals surface area contributed by atoms with E-state index in [1.54, 1.807) is 0 Å². The van der Waals surface area contributed by atoms with Crippen LogP contribution in [0.5, 0.6) is 5.75 Å². The predicted octanol–water partition coefficient (Wildman–Crippen LogP) is 2.78. The Kier molecular flexibility index (Phi) is 5.43. The lowest BCUT2D eigenvalue weighted by Crippen LogP contribution is -2.12. The van der Waals surface area contributed by atoms with E-state index >= 15 is 0 Å².